The first kappa shape index (κ1) is 14.2. The number of carbonyl (C=O) groups is 2. The molecule has 1 aromatic rings. The van der Waals surface area contributed by atoms with Crippen LogP contribution in [0.4, 0.5) is 0 Å². The maximum Gasteiger partial charge on any atom is 0.310 e. The molecule has 0 saturated heterocycles. The highest BCUT2D eigenvalue weighted by atomic mass is 16.4. The van der Waals surface area contributed by atoms with Crippen molar-refractivity contribution >= 4 is 11.9 Å². The van der Waals surface area contributed by atoms with Crippen LogP contribution in [-0.4, -0.2) is 22.2 Å². The molecule has 2 unspecified atom stereocenters. The third kappa shape index (κ3) is 2.88. The molecule has 0 aliphatic rings. The molecular weight excluding hydrogens is 232 g/mol. The van der Waals surface area contributed by atoms with Gasteiger partial charge in [-0.05, 0) is 24.0 Å². The summed E-state index contributed by atoms with van der Waals surface area (Å²) >= 11 is 0. The molecule has 2 N–H and O–H groups in total. The minimum atomic E-state index is -0.912. The van der Waals surface area contributed by atoms with E-state index >= 15 is 0 Å². The van der Waals surface area contributed by atoms with Crippen molar-refractivity contribution in [1.29, 1.82) is 0 Å². The second kappa shape index (κ2) is 6.19. The maximum atomic E-state index is 11.2. The molecule has 0 spiro atoms. The third-order valence-corrected chi connectivity index (χ3v) is 3.16. The Labute approximate surface area is 106 Å². The molecular formula is C14H18O4. The molecule has 0 aromatic heterocycles. The molecule has 0 aliphatic heterocycles. The van der Waals surface area contributed by atoms with Gasteiger partial charge >= 0.3 is 11.9 Å². The smallest absolute Gasteiger partial charge is 0.310 e. The zero-order valence-electron chi connectivity index (χ0n) is 10.6. The molecule has 2 atom stereocenters. The first-order valence-electron chi connectivity index (χ1n) is 6.07. The van der Waals surface area contributed by atoms with E-state index < -0.39 is 23.8 Å². The van der Waals surface area contributed by atoms with Crippen LogP contribution in [0.3, 0.4) is 0 Å². The number of rotatable bonds is 6. The Morgan fingerprint density at radius 2 is 1.28 bits per heavy atom. The van der Waals surface area contributed by atoms with Gasteiger partial charge in [0.15, 0.2) is 0 Å². The quantitative estimate of drug-likeness (QED) is 0.814. The summed E-state index contributed by atoms with van der Waals surface area (Å²) in [5.74, 6) is -3.11. The Morgan fingerprint density at radius 3 is 1.50 bits per heavy atom. The largest absolute Gasteiger partial charge is 0.481 e. The summed E-state index contributed by atoms with van der Waals surface area (Å²) in [6.07, 6.45) is 0.894. The highest BCUT2D eigenvalue weighted by molar-refractivity contribution is 5.80. The second-order valence-electron chi connectivity index (χ2n) is 4.23. The highest BCUT2D eigenvalue weighted by Crippen LogP contribution is 2.30. The van der Waals surface area contributed by atoms with E-state index in [4.69, 9.17) is 0 Å². The van der Waals surface area contributed by atoms with Gasteiger partial charge in [0.25, 0.3) is 0 Å². The Kier molecular flexibility index (Phi) is 4.89. The molecule has 98 valence electrons. The Balaban J connectivity index is 3.28. The van der Waals surface area contributed by atoms with Gasteiger partial charge < -0.3 is 10.2 Å². The second-order valence-corrected chi connectivity index (χ2v) is 4.23. The molecule has 4 heteroatoms. The topological polar surface area (TPSA) is 74.6 Å². The molecule has 18 heavy (non-hydrogen) atoms. The summed E-state index contributed by atoms with van der Waals surface area (Å²) in [6, 6.07) is 6.92. The molecule has 0 saturated carbocycles. The van der Waals surface area contributed by atoms with E-state index in [0.29, 0.717) is 24.0 Å². The van der Waals surface area contributed by atoms with E-state index in [2.05, 4.69) is 0 Å². The van der Waals surface area contributed by atoms with Crippen molar-refractivity contribution in [2.45, 2.75) is 38.5 Å². The van der Waals surface area contributed by atoms with Crippen molar-refractivity contribution in [2.75, 3.05) is 0 Å². The summed E-state index contributed by atoms with van der Waals surface area (Å²) in [5, 5.41) is 18.4. The molecule has 4 nitrogen and oxygen atoms in total. The monoisotopic (exact) mass is 250 g/mol. The molecule has 0 aliphatic carbocycles. The standard InChI is InChI=1S/C14H18O4/c1-3-9(13(15)16)11-7-5-6-8-12(11)10(4-2)14(17)18/h5-10H,3-4H2,1-2H3,(H,15,16)(H,17,18). The van der Waals surface area contributed by atoms with Gasteiger partial charge in [-0.2, -0.15) is 0 Å². The van der Waals surface area contributed by atoms with Crippen molar-refractivity contribution in [3.05, 3.63) is 35.4 Å². The zero-order chi connectivity index (χ0) is 13.7. The lowest BCUT2D eigenvalue weighted by Crippen LogP contribution is -2.17. The lowest BCUT2D eigenvalue weighted by molar-refractivity contribution is -0.140. The first-order valence-corrected chi connectivity index (χ1v) is 6.07. The average molecular weight is 250 g/mol. The van der Waals surface area contributed by atoms with Crippen LogP contribution in [-0.2, 0) is 9.59 Å². The van der Waals surface area contributed by atoms with E-state index in [1.54, 1.807) is 38.1 Å². The van der Waals surface area contributed by atoms with Crippen LogP contribution in [0.15, 0.2) is 24.3 Å². The molecule has 0 radical (unpaired) electrons. The van der Waals surface area contributed by atoms with E-state index in [0.717, 1.165) is 0 Å². The molecule has 0 fully saturated rings. The van der Waals surface area contributed by atoms with Gasteiger partial charge in [-0.1, -0.05) is 38.1 Å². The molecule has 1 rings (SSSR count). The van der Waals surface area contributed by atoms with Crippen LogP contribution < -0.4 is 0 Å². The van der Waals surface area contributed by atoms with Crippen LogP contribution >= 0.6 is 0 Å². The minimum Gasteiger partial charge on any atom is -0.481 e. The fraction of sp³-hybridized carbons (Fsp3) is 0.429. The summed E-state index contributed by atoms with van der Waals surface area (Å²) in [7, 11) is 0. The zero-order valence-corrected chi connectivity index (χ0v) is 10.6. The fourth-order valence-electron chi connectivity index (χ4n) is 2.20. The van der Waals surface area contributed by atoms with Gasteiger partial charge in [0, 0.05) is 0 Å². The van der Waals surface area contributed by atoms with Crippen molar-refractivity contribution in [2.24, 2.45) is 0 Å². The van der Waals surface area contributed by atoms with Crippen molar-refractivity contribution in [3.63, 3.8) is 0 Å². The van der Waals surface area contributed by atoms with Crippen LogP contribution in [0.25, 0.3) is 0 Å². The number of benzene rings is 1. The normalized spacial score (nSPS) is 13.9. The summed E-state index contributed by atoms with van der Waals surface area (Å²) in [6.45, 7) is 3.58. The van der Waals surface area contributed by atoms with Crippen LogP contribution in [0.5, 0.6) is 0 Å². The van der Waals surface area contributed by atoms with E-state index in [1.807, 2.05) is 0 Å². The van der Waals surface area contributed by atoms with Gasteiger partial charge in [-0.15, -0.1) is 0 Å². The van der Waals surface area contributed by atoms with Gasteiger partial charge in [0.05, 0.1) is 11.8 Å². The van der Waals surface area contributed by atoms with E-state index in [9.17, 15) is 19.8 Å². The number of hydrogen-bond donors (Lipinski definition) is 2. The summed E-state index contributed by atoms with van der Waals surface area (Å²) in [4.78, 5) is 22.4. The number of hydrogen-bond acceptors (Lipinski definition) is 2. The predicted molar refractivity (Wildman–Crippen MR) is 67.8 cm³/mol. The Hall–Kier alpha value is -1.84. The summed E-state index contributed by atoms with van der Waals surface area (Å²) < 4.78 is 0. The van der Waals surface area contributed by atoms with Gasteiger partial charge in [-0.25, -0.2) is 0 Å². The number of carboxylic acids is 2. The molecule has 0 bridgehead atoms. The third-order valence-electron chi connectivity index (χ3n) is 3.16. The van der Waals surface area contributed by atoms with Crippen molar-refractivity contribution in [3.8, 4) is 0 Å². The molecule has 1 aromatic carbocycles. The molecule has 0 heterocycles. The van der Waals surface area contributed by atoms with Gasteiger partial charge in [-0.3, -0.25) is 9.59 Å². The lowest BCUT2D eigenvalue weighted by Gasteiger charge is -2.19. The number of carboxylic acid groups (broad SMARTS) is 2. The lowest BCUT2D eigenvalue weighted by atomic mass is 9.85. The minimum absolute atomic E-state index is 0.447. The van der Waals surface area contributed by atoms with Crippen LogP contribution in [0.1, 0.15) is 49.7 Å². The maximum absolute atomic E-state index is 11.2. The van der Waals surface area contributed by atoms with Crippen molar-refractivity contribution < 1.29 is 19.8 Å². The Bertz CT molecular complexity index is 398. The summed E-state index contributed by atoms with van der Waals surface area (Å²) in [5.41, 5.74) is 1.23. The first-order chi connectivity index (χ1) is 8.52. The average Bonchev–Trinajstić information content (AvgIpc) is 2.32. The highest BCUT2D eigenvalue weighted by Gasteiger charge is 2.26. The predicted octanol–water partition coefficient (Wildman–Crippen LogP) is 2.84. The molecule has 0 amide bonds. The van der Waals surface area contributed by atoms with Gasteiger partial charge in [0.1, 0.15) is 0 Å². The Morgan fingerprint density at radius 1 is 0.944 bits per heavy atom. The number of aliphatic carboxylic acids is 2. The van der Waals surface area contributed by atoms with Crippen LogP contribution in [0.2, 0.25) is 0 Å². The van der Waals surface area contributed by atoms with Crippen molar-refractivity contribution in [1.82, 2.24) is 0 Å². The fourth-order valence-corrected chi connectivity index (χ4v) is 2.20. The van der Waals surface area contributed by atoms with E-state index in [1.165, 1.54) is 0 Å². The van der Waals surface area contributed by atoms with E-state index in [-0.39, 0.29) is 0 Å². The SMILES string of the molecule is CCC(C(=O)O)c1ccccc1C(CC)C(=O)O. The van der Waals surface area contributed by atoms with Gasteiger partial charge in [0.2, 0.25) is 0 Å². The van der Waals surface area contributed by atoms with Crippen LogP contribution in [0, 0.1) is 0 Å².